The number of pyridine rings is 1. The molecule has 0 aliphatic carbocycles. The number of hydrogen-bond acceptors (Lipinski definition) is 8. The Hall–Kier alpha value is -4.06. The molecule has 0 saturated heterocycles. The summed E-state index contributed by atoms with van der Waals surface area (Å²) in [6.45, 7) is 3.94. The summed E-state index contributed by atoms with van der Waals surface area (Å²) in [5.41, 5.74) is 8.33. The molecular formula is C19H17N9. The zero-order valence-electron chi connectivity index (χ0n) is 15.3. The van der Waals surface area contributed by atoms with Crippen molar-refractivity contribution in [2.24, 2.45) is 0 Å². The Bertz CT molecular complexity index is 1190. The molecule has 0 radical (unpaired) electrons. The molecule has 9 heteroatoms. The molecule has 28 heavy (non-hydrogen) atoms. The molecule has 0 saturated carbocycles. The van der Waals surface area contributed by atoms with Gasteiger partial charge in [-0.1, -0.05) is 6.07 Å². The van der Waals surface area contributed by atoms with Crippen LogP contribution in [0.15, 0.2) is 49.2 Å². The van der Waals surface area contributed by atoms with Crippen LogP contribution in [0.4, 0.5) is 11.6 Å². The first-order chi connectivity index (χ1) is 13.5. The second kappa shape index (κ2) is 6.59. The van der Waals surface area contributed by atoms with Gasteiger partial charge in [-0.25, -0.2) is 19.5 Å². The summed E-state index contributed by atoms with van der Waals surface area (Å²) in [6.07, 6.45) is 6.51. The molecule has 0 fully saturated rings. The van der Waals surface area contributed by atoms with Crippen molar-refractivity contribution in [2.75, 3.05) is 11.1 Å². The van der Waals surface area contributed by atoms with E-state index in [0.717, 1.165) is 11.3 Å². The summed E-state index contributed by atoms with van der Waals surface area (Å²) in [5.74, 6) is 0.484. The third-order valence-corrected chi connectivity index (χ3v) is 4.39. The SMILES string of the molecule is CC(C)(Nc1ncnc(N)c1C#N)c1cc2nccn2nc1-c1ccccn1. The van der Waals surface area contributed by atoms with Crippen LogP contribution < -0.4 is 11.1 Å². The van der Waals surface area contributed by atoms with Gasteiger partial charge in [-0.15, -0.1) is 0 Å². The van der Waals surface area contributed by atoms with Gasteiger partial charge in [-0.2, -0.15) is 10.4 Å². The van der Waals surface area contributed by atoms with Crippen LogP contribution in [0.25, 0.3) is 17.0 Å². The average Bonchev–Trinajstić information content (AvgIpc) is 3.15. The van der Waals surface area contributed by atoms with E-state index >= 15 is 0 Å². The second-order valence-corrected chi connectivity index (χ2v) is 6.70. The van der Waals surface area contributed by atoms with Gasteiger partial charge in [0.05, 0.1) is 11.2 Å². The van der Waals surface area contributed by atoms with Crippen molar-refractivity contribution in [1.82, 2.24) is 29.5 Å². The molecule has 4 aromatic heterocycles. The molecule has 4 aromatic rings. The van der Waals surface area contributed by atoms with E-state index in [-0.39, 0.29) is 11.4 Å². The van der Waals surface area contributed by atoms with Gasteiger partial charge >= 0.3 is 0 Å². The number of aromatic nitrogens is 6. The standard InChI is InChI=1S/C19H17N9/c1-19(2,26-18-12(10-20)17(21)24-11-25-18)13-9-15-23-7-8-28(15)27-16(13)14-5-3-4-6-22-14/h3-9,11H,1-2H3,(H3,21,24,25,26). The first-order valence-electron chi connectivity index (χ1n) is 8.54. The van der Waals surface area contributed by atoms with Gasteiger partial charge < -0.3 is 11.1 Å². The van der Waals surface area contributed by atoms with Crippen molar-refractivity contribution >= 4 is 17.3 Å². The van der Waals surface area contributed by atoms with Crippen LogP contribution >= 0.6 is 0 Å². The van der Waals surface area contributed by atoms with Crippen LogP contribution in [-0.2, 0) is 5.54 Å². The van der Waals surface area contributed by atoms with Crippen molar-refractivity contribution in [3.63, 3.8) is 0 Å². The molecule has 0 bridgehead atoms. The highest BCUT2D eigenvalue weighted by molar-refractivity contribution is 5.67. The lowest BCUT2D eigenvalue weighted by atomic mass is 9.91. The smallest absolute Gasteiger partial charge is 0.153 e. The maximum Gasteiger partial charge on any atom is 0.153 e. The van der Waals surface area contributed by atoms with Gasteiger partial charge in [0, 0.05) is 24.2 Å². The van der Waals surface area contributed by atoms with E-state index in [4.69, 9.17) is 10.8 Å². The molecular weight excluding hydrogens is 354 g/mol. The van der Waals surface area contributed by atoms with Gasteiger partial charge in [0.1, 0.15) is 35.3 Å². The van der Waals surface area contributed by atoms with Crippen molar-refractivity contribution in [3.8, 4) is 17.5 Å². The largest absolute Gasteiger partial charge is 0.382 e. The maximum absolute atomic E-state index is 9.43. The monoisotopic (exact) mass is 371 g/mol. The van der Waals surface area contributed by atoms with E-state index in [1.807, 2.05) is 38.1 Å². The van der Waals surface area contributed by atoms with E-state index in [1.54, 1.807) is 23.1 Å². The van der Waals surface area contributed by atoms with Gasteiger partial charge in [0.25, 0.3) is 0 Å². The lowest BCUT2D eigenvalue weighted by Gasteiger charge is -2.29. The van der Waals surface area contributed by atoms with E-state index in [1.165, 1.54) is 6.33 Å². The number of anilines is 2. The van der Waals surface area contributed by atoms with E-state index in [9.17, 15) is 5.26 Å². The Balaban J connectivity index is 1.88. The third-order valence-electron chi connectivity index (χ3n) is 4.39. The maximum atomic E-state index is 9.43. The number of nitriles is 1. The molecule has 4 rings (SSSR count). The van der Waals surface area contributed by atoms with Gasteiger partial charge in [-0.05, 0) is 32.0 Å². The van der Waals surface area contributed by atoms with Crippen LogP contribution in [0.1, 0.15) is 25.0 Å². The fourth-order valence-corrected chi connectivity index (χ4v) is 2.99. The van der Waals surface area contributed by atoms with Crippen LogP contribution in [0, 0.1) is 11.3 Å². The second-order valence-electron chi connectivity index (χ2n) is 6.70. The van der Waals surface area contributed by atoms with Crippen LogP contribution in [0.2, 0.25) is 0 Å². The number of nitrogen functional groups attached to an aromatic ring is 1. The molecule has 9 nitrogen and oxygen atoms in total. The number of fused-ring (bicyclic) bond motifs is 1. The number of rotatable bonds is 4. The highest BCUT2D eigenvalue weighted by atomic mass is 15.3. The van der Waals surface area contributed by atoms with E-state index < -0.39 is 5.54 Å². The number of hydrogen-bond donors (Lipinski definition) is 2. The lowest BCUT2D eigenvalue weighted by molar-refractivity contribution is 0.601. The predicted molar refractivity (Wildman–Crippen MR) is 104 cm³/mol. The van der Waals surface area contributed by atoms with Crippen LogP contribution in [-0.4, -0.2) is 29.5 Å². The Morgan fingerprint density at radius 1 is 1.14 bits per heavy atom. The molecule has 0 spiro atoms. The minimum absolute atomic E-state index is 0.127. The van der Waals surface area contributed by atoms with Crippen molar-refractivity contribution in [1.29, 1.82) is 5.26 Å². The van der Waals surface area contributed by atoms with Gasteiger partial charge in [0.2, 0.25) is 0 Å². The molecule has 0 atom stereocenters. The summed E-state index contributed by atoms with van der Waals surface area (Å²) in [6, 6.07) is 9.66. The number of nitrogens with one attached hydrogen (secondary N) is 1. The molecule has 0 unspecified atom stereocenters. The van der Waals surface area contributed by atoms with E-state index in [0.29, 0.717) is 17.2 Å². The lowest BCUT2D eigenvalue weighted by Crippen LogP contribution is -2.30. The van der Waals surface area contributed by atoms with Crippen molar-refractivity contribution < 1.29 is 0 Å². The Morgan fingerprint density at radius 2 is 2.00 bits per heavy atom. The van der Waals surface area contributed by atoms with Crippen molar-refractivity contribution in [3.05, 3.63) is 60.3 Å². The number of nitrogens with two attached hydrogens (primary N) is 1. The highest BCUT2D eigenvalue weighted by Gasteiger charge is 2.28. The average molecular weight is 371 g/mol. The fourth-order valence-electron chi connectivity index (χ4n) is 2.99. The molecule has 0 aliphatic heterocycles. The van der Waals surface area contributed by atoms with Crippen LogP contribution in [0.5, 0.6) is 0 Å². The van der Waals surface area contributed by atoms with Gasteiger partial charge in [0.15, 0.2) is 5.65 Å². The molecule has 0 aromatic carbocycles. The Labute approximate surface area is 160 Å². The Kier molecular flexibility index (Phi) is 4.08. The topological polar surface area (TPSA) is 131 Å². The summed E-state index contributed by atoms with van der Waals surface area (Å²) in [5, 5.41) is 17.4. The normalized spacial score (nSPS) is 11.3. The Morgan fingerprint density at radius 3 is 2.75 bits per heavy atom. The third kappa shape index (κ3) is 2.97. The molecule has 0 amide bonds. The first-order valence-corrected chi connectivity index (χ1v) is 8.54. The fraction of sp³-hybridized carbons (Fsp3) is 0.158. The zero-order valence-corrected chi connectivity index (χ0v) is 15.3. The van der Waals surface area contributed by atoms with E-state index in [2.05, 4.69) is 31.3 Å². The van der Waals surface area contributed by atoms with Crippen molar-refractivity contribution in [2.45, 2.75) is 19.4 Å². The number of imidazole rings is 1. The minimum atomic E-state index is -0.667. The summed E-state index contributed by atoms with van der Waals surface area (Å²) in [7, 11) is 0. The minimum Gasteiger partial charge on any atom is -0.382 e. The quantitative estimate of drug-likeness (QED) is 0.559. The summed E-state index contributed by atoms with van der Waals surface area (Å²) < 4.78 is 1.70. The highest BCUT2D eigenvalue weighted by Crippen LogP contribution is 2.33. The first kappa shape index (κ1) is 17.4. The molecule has 3 N–H and O–H groups in total. The van der Waals surface area contributed by atoms with Gasteiger partial charge in [-0.3, -0.25) is 4.98 Å². The molecule has 0 aliphatic rings. The predicted octanol–water partition coefficient (Wildman–Crippen LogP) is 2.38. The molecule has 138 valence electrons. The number of nitrogens with zero attached hydrogens (tertiary/aromatic N) is 7. The summed E-state index contributed by atoms with van der Waals surface area (Å²) >= 11 is 0. The molecule has 4 heterocycles. The zero-order chi connectivity index (χ0) is 19.7. The summed E-state index contributed by atoms with van der Waals surface area (Å²) in [4.78, 5) is 16.9. The van der Waals surface area contributed by atoms with Crippen LogP contribution in [0.3, 0.4) is 0 Å².